The fourth-order valence-electron chi connectivity index (χ4n) is 3.42. The van der Waals surface area contributed by atoms with Crippen LogP contribution >= 0.6 is 0 Å². The van der Waals surface area contributed by atoms with Crippen LogP contribution in [-0.4, -0.2) is 29.6 Å². The first-order valence-corrected chi connectivity index (χ1v) is 8.22. The van der Waals surface area contributed by atoms with E-state index in [2.05, 4.69) is 5.32 Å². The Morgan fingerprint density at radius 1 is 1.42 bits per heavy atom. The number of hydrogen-bond acceptors (Lipinski definition) is 3. The molecule has 1 aromatic rings. The van der Waals surface area contributed by atoms with Gasteiger partial charge in [-0.3, -0.25) is 9.59 Å². The molecule has 1 amide bonds. The fraction of sp³-hybridized carbons (Fsp3) is 0.556. The third-order valence-corrected chi connectivity index (χ3v) is 4.82. The minimum absolute atomic E-state index is 0.103. The molecule has 0 radical (unpaired) electrons. The van der Waals surface area contributed by atoms with Gasteiger partial charge in [0.1, 0.15) is 0 Å². The van der Waals surface area contributed by atoms with Gasteiger partial charge in [0, 0.05) is 6.42 Å². The largest absolute Gasteiger partial charge is 0.494 e. The van der Waals surface area contributed by atoms with Gasteiger partial charge in [0.15, 0.2) is 11.6 Å². The van der Waals surface area contributed by atoms with Gasteiger partial charge in [-0.1, -0.05) is 25.0 Å². The summed E-state index contributed by atoms with van der Waals surface area (Å²) in [5.41, 5.74) is -0.332. The van der Waals surface area contributed by atoms with Crippen molar-refractivity contribution in [2.45, 2.75) is 51.0 Å². The summed E-state index contributed by atoms with van der Waals surface area (Å²) < 4.78 is 19.0. The lowest BCUT2D eigenvalue weighted by molar-refractivity contribution is -0.146. The zero-order chi connectivity index (χ0) is 17.7. The van der Waals surface area contributed by atoms with Gasteiger partial charge in [-0.2, -0.15) is 0 Å². The highest BCUT2D eigenvalue weighted by Gasteiger charge is 2.42. The molecule has 0 aliphatic heterocycles. The predicted octanol–water partition coefficient (Wildman–Crippen LogP) is 2.92. The van der Waals surface area contributed by atoms with Crippen molar-refractivity contribution in [3.63, 3.8) is 0 Å². The summed E-state index contributed by atoms with van der Waals surface area (Å²) in [6.45, 7) is 1.79. The Hall–Kier alpha value is -2.11. The van der Waals surface area contributed by atoms with Crippen molar-refractivity contribution in [3.05, 3.63) is 29.6 Å². The quantitative estimate of drug-likeness (QED) is 0.837. The molecule has 0 heterocycles. The number of amides is 1. The van der Waals surface area contributed by atoms with E-state index in [1.807, 2.05) is 0 Å². The van der Waals surface area contributed by atoms with Crippen molar-refractivity contribution in [2.75, 3.05) is 7.11 Å². The highest BCUT2D eigenvalue weighted by molar-refractivity contribution is 5.79. The van der Waals surface area contributed by atoms with Gasteiger partial charge < -0.3 is 15.2 Å². The van der Waals surface area contributed by atoms with E-state index in [-0.39, 0.29) is 24.5 Å². The number of halogens is 1. The monoisotopic (exact) mass is 337 g/mol. The van der Waals surface area contributed by atoms with Gasteiger partial charge in [-0.25, -0.2) is 4.39 Å². The average molecular weight is 337 g/mol. The van der Waals surface area contributed by atoms with Crippen LogP contribution in [0.2, 0.25) is 0 Å². The van der Waals surface area contributed by atoms with Crippen LogP contribution in [0.3, 0.4) is 0 Å². The van der Waals surface area contributed by atoms with Crippen molar-refractivity contribution < 1.29 is 23.8 Å². The molecule has 132 valence electrons. The number of nitrogens with one attached hydrogen (secondary N) is 1. The number of carboxylic acids is 1. The summed E-state index contributed by atoms with van der Waals surface area (Å²) in [4.78, 5) is 23.7. The normalized spacial score (nSPS) is 23.5. The number of rotatable bonds is 6. The number of carbonyl (C=O) groups is 2. The van der Waals surface area contributed by atoms with E-state index in [9.17, 15) is 19.1 Å². The molecule has 2 unspecified atom stereocenters. The first-order chi connectivity index (χ1) is 11.4. The van der Waals surface area contributed by atoms with Crippen molar-refractivity contribution >= 4 is 11.9 Å². The number of carboxylic acid groups (broad SMARTS) is 1. The van der Waals surface area contributed by atoms with Crippen molar-refractivity contribution in [1.29, 1.82) is 0 Å². The Balaban J connectivity index is 1.99. The lowest BCUT2D eigenvalue weighted by Gasteiger charge is -2.39. The SMILES string of the molecule is COc1cccc(CCC(=O)NC2(C)CCCCC2C(=O)O)c1F. The van der Waals surface area contributed by atoms with Gasteiger partial charge in [-0.05, 0) is 37.8 Å². The Bertz CT molecular complexity index is 619. The van der Waals surface area contributed by atoms with E-state index in [4.69, 9.17) is 4.74 Å². The van der Waals surface area contributed by atoms with E-state index in [0.717, 1.165) is 12.8 Å². The van der Waals surface area contributed by atoms with Crippen molar-refractivity contribution in [3.8, 4) is 5.75 Å². The minimum Gasteiger partial charge on any atom is -0.494 e. The Labute approximate surface area is 141 Å². The summed E-state index contributed by atoms with van der Waals surface area (Å²) in [5.74, 6) is -2.02. The molecule has 24 heavy (non-hydrogen) atoms. The number of carbonyl (C=O) groups excluding carboxylic acids is 1. The summed E-state index contributed by atoms with van der Waals surface area (Å²) in [5, 5.41) is 12.2. The molecule has 2 atom stereocenters. The van der Waals surface area contributed by atoms with Crippen LogP contribution in [0.1, 0.15) is 44.6 Å². The summed E-state index contributed by atoms with van der Waals surface area (Å²) in [6, 6.07) is 4.82. The Morgan fingerprint density at radius 2 is 2.17 bits per heavy atom. The molecule has 5 nitrogen and oxygen atoms in total. The minimum atomic E-state index is -0.878. The molecular formula is C18H24FNO4. The first-order valence-electron chi connectivity index (χ1n) is 8.22. The van der Waals surface area contributed by atoms with Crippen LogP contribution < -0.4 is 10.1 Å². The van der Waals surface area contributed by atoms with Crippen LogP contribution in [0.15, 0.2) is 18.2 Å². The fourth-order valence-corrected chi connectivity index (χ4v) is 3.42. The zero-order valence-electron chi connectivity index (χ0n) is 14.1. The van der Waals surface area contributed by atoms with Crippen LogP contribution in [0.25, 0.3) is 0 Å². The standard InChI is InChI=1S/C18H24FNO4/c1-18(11-4-3-7-13(18)17(22)23)20-15(21)10-9-12-6-5-8-14(24-2)16(12)19/h5-6,8,13H,3-4,7,9-11H2,1-2H3,(H,20,21)(H,22,23). The molecule has 1 fully saturated rings. The second-order valence-electron chi connectivity index (χ2n) is 6.54. The van der Waals surface area contributed by atoms with E-state index in [0.29, 0.717) is 18.4 Å². The van der Waals surface area contributed by atoms with Gasteiger partial charge in [0.05, 0.1) is 18.6 Å². The van der Waals surface area contributed by atoms with E-state index >= 15 is 0 Å². The topological polar surface area (TPSA) is 75.6 Å². The van der Waals surface area contributed by atoms with E-state index in [1.165, 1.54) is 13.2 Å². The molecular weight excluding hydrogens is 313 g/mol. The van der Waals surface area contributed by atoms with Crippen molar-refractivity contribution in [2.24, 2.45) is 5.92 Å². The lowest BCUT2D eigenvalue weighted by atomic mass is 9.74. The molecule has 0 aromatic heterocycles. The Kier molecular flexibility index (Phi) is 5.80. The van der Waals surface area contributed by atoms with Gasteiger partial charge in [0.25, 0.3) is 0 Å². The second kappa shape index (κ2) is 7.64. The summed E-state index contributed by atoms with van der Waals surface area (Å²) >= 11 is 0. The Morgan fingerprint density at radius 3 is 2.83 bits per heavy atom. The van der Waals surface area contributed by atoms with Gasteiger partial charge in [0.2, 0.25) is 5.91 Å². The smallest absolute Gasteiger partial charge is 0.308 e. The molecule has 1 aliphatic carbocycles. The summed E-state index contributed by atoms with van der Waals surface area (Å²) in [7, 11) is 1.39. The molecule has 0 bridgehead atoms. The van der Waals surface area contributed by atoms with Gasteiger partial charge in [-0.15, -0.1) is 0 Å². The number of benzene rings is 1. The third kappa shape index (κ3) is 4.04. The van der Waals surface area contributed by atoms with Crippen LogP contribution in [0, 0.1) is 11.7 Å². The first kappa shape index (κ1) is 18.2. The maximum absolute atomic E-state index is 14.1. The molecule has 1 saturated carbocycles. The molecule has 0 spiro atoms. The predicted molar refractivity (Wildman–Crippen MR) is 87.4 cm³/mol. The lowest BCUT2D eigenvalue weighted by Crippen LogP contribution is -2.55. The number of aryl methyl sites for hydroxylation is 1. The molecule has 2 N–H and O–H groups in total. The number of methoxy groups -OCH3 is 1. The number of ether oxygens (including phenoxy) is 1. The highest BCUT2D eigenvalue weighted by atomic mass is 19.1. The maximum Gasteiger partial charge on any atom is 0.308 e. The molecule has 1 aromatic carbocycles. The average Bonchev–Trinajstić information content (AvgIpc) is 2.53. The number of aliphatic carboxylic acids is 1. The zero-order valence-corrected chi connectivity index (χ0v) is 14.1. The van der Waals surface area contributed by atoms with E-state index in [1.54, 1.807) is 19.1 Å². The molecule has 6 heteroatoms. The highest BCUT2D eigenvalue weighted by Crippen LogP contribution is 2.34. The summed E-state index contributed by atoms with van der Waals surface area (Å²) in [6.07, 6.45) is 3.30. The maximum atomic E-state index is 14.1. The number of hydrogen-bond donors (Lipinski definition) is 2. The third-order valence-electron chi connectivity index (χ3n) is 4.82. The molecule has 1 aliphatic rings. The van der Waals surface area contributed by atoms with Crippen LogP contribution in [-0.2, 0) is 16.0 Å². The van der Waals surface area contributed by atoms with Crippen LogP contribution in [0.4, 0.5) is 4.39 Å². The second-order valence-corrected chi connectivity index (χ2v) is 6.54. The van der Waals surface area contributed by atoms with Gasteiger partial charge >= 0.3 is 5.97 Å². The molecule has 0 saturated heterocycles. The van der Waals surface area contributed by atoms with Crippen LogP contribution in [0.5, 0.6) is 5.75 Å². The molecule has 2 rings (SSSR count). The van der Waals surface area contributed by atoms with Crippen molar-refractivity contribution in [1.82, 2.24) is 5.32 Å². The van der Waals surface area contributed by atoms with E-state index < -0.39 is 23.2 Å².